The van der Waals surface area contributed by atoms with E-state index < -0.39 is 6.16 Å². The monoisotopic (exact) mass is 358 g/mol. The first-order chi connectivity index (χ1) is 3.65. The number of hydrogen-bond acceptors (Lipinski definition) is 1. The number of hydrogen-bond donors (Lipinski definition) is 2. The Morgan fingerprint density at radius 3 is 1.33 bits per heavy atom. The molecular weight excluding hydrogens is 352 g/mol. The van der Waals surface area contributed by atoms with E-state index in [-0.39, 0.29) is 29.2 Å². The molecule has 3 nitrogen and oxygen atoms in total. The van der Waals surface area contributed by atoms with Crippen molar-refractivity contribution in [2.24, 2.45) is 0 Å². The Balaban J connectivity index is -0.0000000720. The fraction of sp³-hybridized carbons (Fsp3) is 0.800. The minimum absolute atomic E-state index is 0. The van der Waals surface area contributed by atoms with Crippen LogP contribution in [0.25, 0.3) is 0 Å². The van der Waals surface area contributed by atoms with Crippen LogP contribution in [-0.4, -0.2) is 16.4 Å². The average Bonchev–Trinajstić information content (AvgIpc) is 1.65. The van der Waals surface area contributed by atoms with Gasteiger partial charge in [0.2, 0.25) is 0 Å². The molecule has 0 radical (unpaired) electrons. The summed E-state index contributed by atoms with van der Waals surface area (Å²) in [5.41, 5.74) is 0. The smallest absolute Gasteiger partial charge is 0.450 e. The van der Waals surface area contributed by atoms with Crippen LogP contribution in [0.3, 0.4) is 0 Å². The standard InChI is InChI=1S/C4H10.CH2O3.Pu/c1-3-4-2;2-1(3)4;/h3-4H2,1-2H3;(H2,2,3,4);. The first kappa shape index (κ1) is 16.1. The van der Waals surface area contributed by atoms with Gasteiger partial charge < -0.3 is 10.2 Å². The van der Waals surface area contributed by atoms with Gasteiger partial charge in [-0.2, -0.15) is 0 Å². The molecule has 56 valence electrons. The van der Waals surface area contributed by atoms with Gasteiger partial charge in [-0.1, -0.05) is 26.7 Å². The van der Waals surface area contributed by atoms with Gasteiger partial charge in [0.05, 0.1) is 0 Å². The molecule has 0 aromatic carbocycles. The molecule has 0 saturated heterocycles. The Hall–Kier alpha value is 0.257. The van der Waals surface area contributed by atoms with Crippen molar-refractivity contribution < 1.29 is 44.2 Å². The quantitative estimate of drug-likeness (QED) is 0.749. The summed E-state index contributed by atoms with van der Waals surface area (Å²) in [5.74, 6) is 0. The molecule has 0 atom stereocenters. The van der Waals surface area contributed by atoms with Crippen LogP contribution in [0.5, 0.6) is 0 Å². The second-order valence-electron chi connectivity index (χ2n) is 1.28. The van der Waals surface area contributed by atoms with Crippen molar-refractivity contribution in [1.29, 1.82) is 0 Å². The molecular formula is C5H12O3Pu. The summed E-state index contributed by atoms with van der Waals surface area (Å²) in [6.07, 6.45) is 0.806. The number of rotatable bonds is 1. The van der Waals surface area contributed by atoms with Crippen LogP contribution < -0.4 is 0 Å². The molecule has 0 aliphatic rings. The summed E-state index contributed by atoms with van der Waals surface area (Å²) in [7, 11) is 0. The fourth-order valence-electron chi connectivity index (χ4n) is 0. The molecule has 0 amide bonds. The van der Waals surface area contributed by atoms with Gasteiger partial charge in [0.25, 0.3) is 0 Å². The summed E-state index contributed by atoms with van der Waals surface area (Å²) in [6.45, 7) is 4.36. The third kappa shape index (κ3) is 205. The Kier molecular flexibility index (Phi) is 28.2. The molecule has 0 rings (SSSR count). The van der Waals surface area contributed by atoms with Crippen molar-refractivity contribution in [2.45, 2.75) is 26.7 Å². The summed E-state index contributed by atoms with van der Waals surface area (Å²) >= 11 is 0. The van der Waals surface area contributed by atoms with E-state index in [0.29, 0.717) is 0 Å². The molecule has 0 saturated carbocycles. The Bertz CT molecular complexity index is 50.2. The second-order valence-corrected chi connectivity index (χ2v) is 1.28. The molecule has 0 aliphatic heterocycles. The van der Waals surface area contributed by atoms with E-state index in [9.17, 15) is 0 Å². The van der Waals surface area contributed by atoms with Crippen LogP contribution in [0.1, 0.15) is 26.7 Å². The maximum atomic E-state index is 8.56. The molecule has 0 spiro atoms. The zero-order valence-corrected chi connectivity index (χ0v) is 9.02. The maximum absolute atomic E-state index is 8.56. The van der Waals surface area contributed by atoms with E-state index in [1.807, 2.05) is 0 Å². The average molecular weight is 364 g/mol. The molecule has 0 aromatic rings. The molecule has 9 heavy (non-hydrogen) atoms. The van der Waals surface area contributed by atoms with Gasteiger partial charge in [0.1, 0.15) is 0 Å². The predicted molar refractivity (Wildman–Crippen MR) is 31.2 cm³/mol. The van der Waals surface area contributed by atoms with E-state index in [1.54, 1.807) is 0 Å². The van der Waals surface area contributed by atoms with Crippen molar-refractivity contribution in [3.63, 3.8) is 0 Å². The van der Waals surface area contributed by atoms with E-state index in [4.69, 9.17) is 15.0 Å². The van der Waals surface area contributed by atoms with Gasteiger partial charge in [0, 0.05) is 29.2 Å². The number of carbonyl (C=O) groups is 1. The van der Waals surface area contributed by atoms with E-state index >= 15 is 0 Å². The zero-order chi connectivity index (χ0) is 6.99. The van der Waals surface area contributed by atoms with Crippen LogP contribution in [0.4, 0.5) is 4.79 Å². The van der Waals surface area contributed by atoms with E-state index in [1.165, 1.54) is 12.8 Å². The minimum atomic E-state index is -1.83. The summed E-state index contributed by atoms with van der Waals surface area (Å²) in [5, 5.41) is 13.9. The zero-order valence-electron chi connectivity index (χ0n) is 5.63. The van der Waals surface area contributed by atoms with Crippen molar-refractivity contribution in [2.75, 3.05) is 0 Å². The van der Waals surface area contributed by atoms with E-state index in [0.717, 1.165) is 0 Å². The topological polar surface area (TPSA) is 57.5 Å². The summed E-state index contributed by atoms with van der Waals surface area (Å²) in [4.78, 5) is 8.56. The van der Waals surface area contributed by atoms with Gasteiger partial charge in [-0.05, 0) is 0 Å². The second kappa shape index (κ2) is 15.7. The van der Waals surface area contributed by atoms with E-state index in [2.05, 4.69) is 13.8 Å². The van der Waals surface area contributed by atoms with Crippen molar-refractivity contribution >= 4 is 6.16 Å². The third-order valence-corrected chi connectivity index (χ3v) is 0.500. The summed E-state index contributed by atoms with van der Waals surface area (Å²) < 4.78 is 0. The molecule has 4 heteroatoms. The van der Waals surface area contributed by atoms with Gasteiger partial charge in [-0.3, -0.25) is 0 Å². The molecule has 0 aliphatic carbocycles. The normalized spacial score (nSPS) is 6.00. The first-order valence-electron chi connectivity index (χ1n) is 2.57. The van der Waals surface area contributed by atoms with Crippen LogP contribution in [0.15, 0.2) is 0 Å². The molecule has 0 unspecified atom stereocenters. The van der Waals surface area contributed by atoms with Gasteiger partial charge in [-0.15, -0.1) is 0 Å². The molecule has 0 fully saturated rings. The van der Waals surface area contributed by atoms with Crippen molar-refractivity contribution in [3.05, 3.63) is 0 Å². The van der Waals surface area contributed by atoms with Crippen molar-refractivity contribution in [1.82, 2.24) is 0 Å². The largest absolute Gasteiger partial charge is 0.503 e. The van der Waals surface area contributed by atoms with Gasteiger partial charge in [-0.25, -0.2) is 4.79 Å². The van der Waals surface area contributed by atoms with Crippen LogP contribution >= 0.6 is 0 Å². The fourth-order valence-corrected chi connectivity index (χ4v) is 0. The molecule has 2 N–H and O–H groups in total. The number of carboxylic acid groups (broad SMARTS) is 2. The van der Waals surface area contributed by atoms with Crippen molar-refractivity contribution in [3.8, 4) is 0 Å². The number of unbranched alkanes of at least 4 members (excludes halogenated alkanes) is 1. The van der Waals surface area contributed by atoms with Crippen LogP contribution in [0, 0.1) is 29.2 Å². The van der Waals surface area contributed by atoms with Gasteiger partial charge >= 0.3 is 6.16 Å². The Morgan fingerprint density at radius 1 is 1.22 bits per heavy atom. The van der Waals surface area contributed by atoms with Gasteiger partial charge in [0.15, 0.2) is 0 Å². The first-order valence-corrected chi connectivity index (χ1v) is 2.57. The summed E-state index contributed by atoms with van der Waals surface area (Å²) in [6, 6.07) is 0. The Morgan fingerprint density at radius 2 is 1.33 bits per heavy atom. The minimum Gasteiger partial charge on any atom is -0.450 e. The molecule has 0 heterocycles. The Labute approximate surface area is 77.0 Å². The molecule has 0 bridgehead atoms. The van der Waals surface area contributed by atoms with Crippen LogP contribution in [0.2, 0.25) is 0 Å². The predicted octanol–water partition coefficient (Wildman–Crippen LogP) is 2.03. The SMILES string of the molecule is CCCC.O=C(O)O.[Pu]. The van der Waals surface area contributed by atoms with Crippen LogP contribution in [-0.2, 0) is 0 Å². The third-order valence-electron chi connectivity index (χ3n) is 0.500. The molecule has 0 aromatic heterocycles. The maximum Gasteiger partial charge on any atom is 0.503 e.